The molecule has 2 aromatic carbocycles. The smallest absolute Gasteiger partial charge is 0.243 e. The van der Waals surface area contributed by atoms with Gasteiger partial charge in [0.1, 0.15) is 18.4 Å². The molecule has 1 atom stereocenters. The molecule has 1 fully saturated rings. The van der Waals surface area contributed by atoms with E-state index in [-0.39, 0.29) is 23.7 Å². The van der Waals surface area contributed by atoms with E-state index in [2.05, 4.69) is 5.32 Å². The first-order chi connectivity index (χ1) is 16.9. The van der Waals surface area contributed by atoms with Crippen molar-refractivity contribution in [2.45, 2.75) is 37.1 Å². The Balaban J connectivity index is 1.55. The second-order valence-corrected chi connectivity index (χ2v) is 12.2. The number of sulfonamides is 2. The normalized spacial score (nSPS) is 15.8. The zero-order valence-electron chi connectivity index (χ0n) is 20.0. The minimum Gasteiger partial charge on any atom is -0.492 e. The first kappa shape index (κ1) is 27.8. The van der Waals surface area contributed by atoms with Crippen molar-refractivity contribution < 1.29 is 35.1 Å². The van der Waals surface area contributed by atoms with E-state index in [9.17, 15) is 30.4 Å². The number of piperidine rings is 1. The molecule has 0 saturated carbocycles. The van der Waals surface area contributed by atoms with Crippen molar-refractivity contribution >= 4 is 31.6 Å². The van der Waals surface area contributed by atoms with E-state index in [0.717, 1.165) is 37.7 Å². The second-order valence-electron chi connectivity index (χ2n) is 8.41. The van der Waals surface area contributed by atoms with Crippen LogP contribution in [0.25, 0.3) is 0 Å². The molecule has 3 rings (SSSR count). The SMILES string of the molecule is C[C@@H](C(=O)NCCOc1ccc(S(=O)(=O)N2CCCCC2)cc1)N(c1ccc(F)c(F)c1)S(C)(=O)=O. The average molecular weight is 546 g/mol. The van der Waals surface area contributed by atoms with Crippen LogP contribution in [0, 0.1) is 11.6 Å². The minimum absolute atomic E-state index is 0.0202. The molecule has 13 heteroatoms. The number of hydrogen-bond acceptors (Lipinski definition) is 6. The molecule has 0 spiro atoms. The molecular formula is C23H29F2N3O6S2. The number of anilines is 1. The number of carbonyl (C=O) groups excluding carboxylic acids is 1. The molecule has 198 valence electrons. The number of nitrogens with one attached hydrogen (secondary N) is 1. The summed E-state index contributed by atoms with van der Waals surface area (Å²) in [5.41, 5.74) is -0.185. The van der Waals surface area contributed by atoms with Crippen LogP contribution in [-0.4, -0.2) is 65.6 Å². The van der Waals surface area contributed by atoms with Gasteiger partial charge in [0.2, 0.25) is 26.0 Å². The molecule has 1 aliphatic rings. The number of halogens is 2. The van der Waals surface area contributed by atoms with Gasteiger partial charge in [-0.05, 0) is 56.2 Å². The first-order valence-electron chi connectivity index (χ1n) is 11.4. The Kier molecular flexibility index (Phi) is 8.90. The van der Waals surface area contributed by atoms with Crippen molar-refractivity contribution in [3.8, 4) is 5.75 Å². The molecule has 0 bridgehead atoms. The highest BCUT2D eigenvalue weighted by Gasteiger charge is 2.30. The summed E-state index contributed by atoms with van der Waals surface area (Å²) < 4.78 is 84.5. The summed E-state index contributed by atoms with van der Waals surface area (Å²) in [6.07, 6.45) is 3.56. The molecule has 0 radical (unpaired) electrons. The molecular weight excluding hydrogens is 516 g/mol. The van der Waals surface area contributed by atoms with Gasteiger partial charge in [0.05, 0.1) is 23.4 Å². The van der Waals surface area contributed by atoms with Gasteiger partial charge in [0.15, 0.2) is 11.6 Å². The summed E-state index contributed by atoms with van der Waals surface area (Å²) in [5, 5.41) is 2.54. The van der Waals surface area contributed by atoms with E-state index in [0.29, 0.717) is 29.2 Å². The summed E-state index contributed by atoms with van der Waals surface area (Å²) in [7, 11) is -7.54. The first-order valence-corrected chi connectivity index (χ1v) is 14.7. The van der Waals surface area contributed by atoms with Crippen molar-refractivity contribution in [1.29, 1.82) is 0 Å². The molecule has 0 unspecified atom stereocenters. The lowest BCUT2D eigenvalue weighted by Crippen LogP contribution is -2.48. The molecule has 36 heavy (non-hydrogen) atoms. The summed E-state index contributed by atoms with van der Waals surface area (Å²) in [6, 6.07) is 7.29. The van der Waals surface area contributed by atoms with Crippen LogP contribution in [0.2, 0.25) is 0 Å². The summed E-state index contributed by atoms with van der Waals surface area (Å²) in [5.74, 6) is -2.65. The summed E-state index contributed by atoms with van der Waals surface area (Å²) >= 11 is 0. The Morgan fingerprint density at radius 2 is 1.67 bits per heavy atom. The number of amides is 1. The quantitative estimate of drug-likeness (QED) is 0.459. The maximum Gasteiger partial charge on any atom is 0.243 e. The van der Waals surface area contributed by atoms with Gasteiger partial charge in [-0.15, -0.1) is 0 Å². The number of benzene rings is 2. The van der Waals surface area contributed by atoms with Gasteiger partial charge < -0.3 is 10.1 Å². The highest BCUT2D eigenvalue weighted by atomic mass is 32.2. The van der Waals surface area contributed by atoms with E-state index in [1.54, 1.807) is 0 Å². The lowest BCUT2D eigenvalue weighted by atomic mass is 10.2. The van der Waals surface area contributed by atoms with Crippen molar-refractivity contribution in [2.24, 2.45) is 0 Å². The fraction of sp³-hybridized carbons (Fsp3) is 0.435. The molecule has 1 aliphatic heterocycles. The van der Waals surface area contributed by atoms with Crippen LogP contribution in [0.4, 0.5) is 14.5 Å². The zero-order chi connectivity index (χ0) is 26.5. The van der Waals surface area contributed by atoms with E-state index >= 15 is 0 Å². The highest BCUT2D eigenvalue weighted by molar-refractivity contribution is 7.92. The van der Waals surface area contributed by atoms with E-state index in [1.165, 1.54) is 35.5 Å². The number of nitrogens with zero attached hydrogens (tertiary/aromatic N) is 2. The van der Waals surface area contributed by atoms with Crippen LogP contribution in [-0.2, 0) is 24.8 Å². The van der Waals surface area contributed by atoms with Crippen LogP contribution in [0.5, 0.6) is 5.75 Å². The fourth-order valence-electron chi connectivity index (χ4n) is 3.88. The van der Waals surface area contributed by atoms with Crippen molar-refractivity contribution in [3.63, 3.8) is 0 Å². The van der Waals surface area contributed by atoms with Gasteiger partial charge in [-0.1, -0.05) is 6.42 Å². The lowest BCUT2D eigenvalue weighted by molar-refractivity contribution is -0.121. The Labute approximate surface area is 210 Å². The van der Waals surface area contributed by atoms with Gasteiger partial charge in [-0.3, -0.25) is 9.10 Å². The molecule has 1 heterocycles. The lowest BCUT2D eigenvalue weighted by Gasteiger charge is -2.28. The number of hydrogen-bond donors (Lipinski definition) is 1. The third kappa shape index (κ3) is 6.71. The number of ether oxygens (including phenoxy) is 1. The van der Waals surface area contributed by atoms with Gasteiger partial charge in [0.25, 0.3) is 0 Å². The molecule has 1 amide bonds. The summed E-state index contributed by atoms with van der Waals surface area (Å²) in [6.45, 7) is 2.38. The predicted octanol–water partition coefficient (Wildman–Crippen LogP) is 2.49. The Hall–Kier alpha value is -2.77. The van der Waals surface area contributed by atoms with E-state index in [4.69, 9.17) is 4.74 Å². The second kappa shape index (κ2) is 11.5. The highest BCUT2D eigenvalue weighted by Crippen LogP contribution is 2.24. The maximum atomic E-state index is 13.6. The fourth-order valence-corrected chi connectivity index (χ4v) is 6.57. The van der Waals surface area contributed by atoms with Crippen LogP contribution in [0.1, 0.15) is 26.2 Å². The summed E-state index contributed by atoms with van der Waals surface area (Å²) in [4.78, 5) is 12.7. The van der Waals surface area contributed by atoms with Gasteiger partial charge >= 0.3 is 0 Å². The maximum absolute atomic E-state index is 13.6. The molecule has 1 saturated heterocycles. The third-order valence-electron chi connectivity index (χ3n) is 5.69. The van der Waals surface area contributed by atoms with Crippen molar-refractivity contribution in [3.05, 3.63) is 54.1 Å². The average Bonchev–Trinajstić information content (AvgIpc) is 2.84. The Morgan fingerprint density at radius 1 is 1.03 bits per heavy atom. The van der Waals surface area contributed by atoms with E-state index < -0.39 is 43.6 Å². The Morgan fingerprint density at radius 3 is 2.25 bits per heavy atom. The third-order valence-corrected chi connectivity index (χ3v) is 8.85. The monoisotopic (exact) mass is 545 g/mol. The van der Waals surface area contributed by atoms with Gasteiger partial charge in [-0.25, -0.2) is 25.6 Å². The van der Waals surface area contributed by atoms with Crippen molar-refractivity contribution in [2.75, 3.05) is 36.8 Å². The van der Waals surface area contributed by atoms with Gasteiger partial charge in [-0.2, -0.15) is 4.31 Å². The number of carbonyl (C=O) groups is 1. The number of rotatable bonds is 10. The molecule has 0 aromatic heterocycles. The van der Waals surface area contributed by atoms with Crippen LogP contribution in [0.3, 0.4) is 0 Å². The molecule has 9 nitrogen and oxygen atoms in total. The molecule has 0 aliphatic carbocycles. The predicted molar refractivity (Wildman–Crippen MR) is 131 cm³/mol. The van der Waals surface area contributed by atoms with Crippen LogP contribution in [0.15, 0.2) is 47.4 Å². The standard InChI is InChI=1S/C23H29F2N3O6S2/c1-17(28(35(2,30)31)18-6-11-21(24)22(25)16-18)23(29)26-12-15-34-19-7-9-20(10-8-19)36(32,33)27-13-4-3-5-14-27/h6-11,16-17H,3-5,12-15H2,1-2H3,(H,26,29)/t17-/m0/s1. The van der Waals surface area contributed by atoms with Crippen molar-refractivity contribution in [1.82, 2.24) is 9.62 Å². The van der Waals surface area contributed by atoms with Crippen LogP contribution < -0.4 is 14.4 Å². The van der Waals surface area contributed by atoms with Crippen LogP contribution >= 0.6 is 0 Å². The zero-order valence-corrected chi connectivity index (χ0v) is 21.6. The molecule has 1 N–H and O–H groups in total. The van der Waals surface area contributed by atoms with E-state index in [1.807, 2.05) is 0 Å². The molecule has 2 aromatic rings. The largest absolute Gasteiger partial charge is 0.492 e. The Bertz CT molecular complexity index is 1280. The topological polar surface area (TPSA) is 113 Å². The minimum atomic E-state index is -3.99. The van der Waals surface area contributed by atoms with Gasteiger partial charge in [0, 0.05) is 19.2 Å².